The number of rotatable bonds is 5. The predicted octanol–water partition coefficient (Wildman–Crippen LogP) is 6.37. The molecule has 37 heavy (non-hydrogen) atoms. The SMILES string of the molecule is COc1ccc2cc(-c3oc4cc(O)c5c(=O)cc(-c6ccccc6)oc5c4c3CC(=O)O)ccc2c1. The van der Waals surface area contributed by atoms with Crippen molar-refractivity contribution >= 4 is 38.7 Å². The first-order valence-electron chi connectivity index (χ1n) is 11.5. The molecule has 182 valence electrons. The fourth-order valence-corrected chi connectivity index (χ4v) is 4.73. The van der Waals surface area contributed by atoms with Crippen LogP contribution in [0.1, 0.15) is 5.56 Å². The smallest absolute Gasteiger partial charge is 0.307 e. The third-order valence-corrected chi connectivity index (χ3v) is 6.43. The molecule has 0 spiro atoms. The van der Waals surface area contributed by atoms with Gasteiger partial charge < -0.3 is 23.8 Å². The van der Waals surface area contributed by atoms with Crippen molar-refractivity contribution in [3.63, 3.8) is 0 Å². The maximum absolute atomic E-state index is 13.1. The zero-order valence-electron chi connectivity index (χ0n) is 19.6. The molecular formula is C30H20O7. The first-order chi connectivity index (χ1) is 17.9. The Bertz CT molecular complexity index is 1900. The quantitative estimate of drug-likeness (QED) is 0.288. The van der Waals surface area contributed by atoms with Gasteiger partial charge in [0.15, 0.2) is 11.0 Å². The normalized spacial score (nSPS) is 11.4. The van der Waals surface area contributed by atoms with Gasteiger partial charge in [0.2, 0.25) is 0 Å². The van der Waals surface area contributed by atoms with E-state index >= 15 is 0 Å². The van der Waals surface area contributed by atoms with Crippen LogP contribution in [0.3, 0.4) is 0 Å². The average molecular weight is 492 g/mol. The predicted molar refractivity (Wildman–Crippen MR) is 140 cm³/mol. The van der Waals surface area contributed by atoms with Crippen LogP contribution in [-0.2, 0) is 11.2 Å². The van der Waals surface area contributed by atoms with Crippen molar-refractivity contribution in [2.24, 2.45) is 0 Å². The van der Waals surface area contributed by atoms with Crippen LogP contribution in [0.5, 0.6) is 11.5 Å². The third-order valence-electron chi connectivity index (χ3n) is 6.43. The minimum absolute atomic E-state index is 0.0308. The maximum atomic E-state index is 13.1. The van der Waals surface area contributed by atoms with Gasteiger partial charge in [0.25, 0.3) is 0 Å². The molecule has 7 heteroatoms. The maximum Gasteiger partial charge on any atom is 0.307 e. The topological polar surface area (TPSA) is 110 Å². The van der Waals surface area contributed by atoms with Crippen LogP contribution in [0.2, 0.25) is 0 Å². The fraction of sp³-hybridized carbons (Fsp3) is 0.0667. The first-order valence-corrected chi connectivity index (χ1v) is 11.5. The van der Waals surface area contributed by atoms with Crippen LogP contribution in [0.4, 0.5) is 0 Å². The summed E-state index contributed by atoms with van der Waals surface area (Å²) in [6.07, 6.45) is -0.373. The van der Waals surface area contributed by atoms with Gasteiger partial charge in [-0.05, 0) is 29.0 Å². The van der Waals surface area contributed by atoms with Gasteiger partial charge in [0.05, 0.1) is 18.9 Å². The zero-order valence-corrected chi connectivity index (χ0v) is 19.6. The molecular weight excluding hydrogens is 472 g/mol. The van der Waals surface area contributed by atoms with Crippen molar-refractivity contribution in [1.29, 1.82) is 0 Å². The van der Waals surface area contributed by atoms with E-state index in [9.17, 15) is 19.8 Å². The number of carboxylic acid groups (broad SMARTS) is 1. The second kappa shape index (κ2) is 8.57. The number of methoxy groups -OCH3 is 1. The van der Waals surface area contributed by atoms with Gasteiger partial charge in [-0.15, -0.1) is 0 Å². The number of phenolic OH excluding ortho intramolecular Hbond substituents is 1. The molecule has 2 heterocycles. The molecule has 6 aromatic rings. The number of aliphatic carboxylic acids is 1. The number of benzene rings is 4. The fourth-order valence-electron chi connectivity index (χ4n) is 4.73. The summed E-state index contributed by atoms with van der Waals surface area (Å²) in [5.74, 6) is -0.0221. The third kappa shape index (κ3) is 3.77. The van der Waals surface area contributed by atoms with Crippen LogP contribution in [0.15, 0.2) is 92.5 Å². The van der Waals surface area contributed by atoms with Gasteiger partial charge in [-0.1, -0.05) is 48.5 Å². The highest BCUT2D eigenvalue weighted by atomic mass is 16.5. The van der Waals surface area contributed by atoms with Gasteiger partial charge in [0, 0.05) is 28.8 Å². The molecule has 7 nitrogen and oxygen atoms in total. The monoisotopic (exact) mass is 492 g/mol. The second-order valence-corrected chi connectivity index (χ2v) is 8.72. The lowest BCUT2D eigenvalue weighted by atomic mass is 9.99. The molecule has 0 aliphatic heterocycles. The Kier molecular flexibility index (Phi) is 5.19. The number of ether oxygens (including phenoxy) is 1. The second-order valence-electron chi connectivity index (χ2n) is 8.72. The van der Waals surface area contributed by atoms with Crippen LogP contribution in [0, 0.1) is 0 Å². The van der Waals surface area contributed by atoms with E-state index in [4.69, 9.17) is 13.6 Å². The molecule has 4 aromatic carbocycles. The van der Waals surface area contributed by atoms with Crippen molar-refractivity contribution in [3.05, 3.63) is 94.6 Å². The van der Waals surface area contributed by atoms with Crippen molar-refractivity contribution in [3.8, 4) is 34.1 Å². The highest BCUT2D eigenvalue weighted by molar-refractivity contribution is 6.10. The van der Waals surface area contributed by atoms with Crippen molar-refractivity contribution < 1.29 is 28.6 Å². The lowest BCUT2D eigenvalue weighted by Crippen LogP contribution is -2.03. The first kappa shape index (κ1) is 22.4. The Balaban J connectivity index is 1.67. The zero-order chi connectivity index (χ0) is 25.7. The number of carbonyl (C=O) groups is 1. The summed E-state index contributed by atoms with van der Waals surface area (Å²) in [6, 6.07) is 23.0. The number of hydrogen-bond donors (Lipinski definition) is 2. The lowest BCUT2D eigenvalue weighted by Gasteiger charge is -2.07. The van der Waals surface area contributed by atoms with Gasteiger partial charge in [0.1, 0.15) is 34.0 Å². The van der Waals surface area contributed by atoms with E-state index in [1.807, 2.05) is 54.6 Å². The summed E-state index contributed by atoms with van der Waals surface area (Å²) in [4.78, 5) is 25.0. The van der Waals surface area contributed by atoms with Crippen LogP contribution in [0.25, 0.3) is 55.4 Å². The standard InChI is InChI=1S/C30H20O7/c1-35-20-10-9-17-11-19(8-7-18(17)12-20)29-21(13-26(33)34)27-25(37-29)15-23(32)28-22(31)14-24(36-30(27)28)16-5-3-2-4-6-16/h2-12,14-15,32H,13H2,1H3,(H,33,34). The van der Waals surface area contributed by atoms with Crippen LogP contribution in [-0.4, -0.2) is 23.3 Å². The highest BCUT2D eigenvalue weighted by Crippen LogP contribution is 2.42. The van der Waals surface area contributed by atoms with Crippen molar-refractivity contribution in [2.75, 3.05) is 7.11 Å². The summed E-state index contributed by atoms with van der Waals surface area (Å²) in [5, 5.41) is 22.6. The molecule has 2 N–H and O–H groups in total. The number of aromatic hydroxyl groups is 1. The number of hydrogen-bond acceptors (Lipinski definition) is 6. The van der Waals surface area contributed by atoms with Gasteiger partial charge in [-0.25, -0.2) is 0 Å². The van der Waals surface area contributed by atoms with E-state index in [1.54, 1.807) is 19.2 Å². The lowest BCUT2D eigenvalue weighted by molar-refractivity contribution is -0.136. The highest BCUT2D eigenvalue weighted by Gasteiger charge is 2.25. The molecule has 0 bridgehead atoms. The molecule has 0 amide bonds. The van der Waals surface area contributed by atoms with Crippen LogP contribution >= 0.6 is 0 Å². The molecule has 0 radical (unpaired) electrons. The summed E-state index contributed by atoms with van der Waals surface area (Å²) >= 11 is 0. The van der Waals surface area contributed by atoms with E-state index in [-0.39, 0.29) is 28.7 Å². The molecule has 2 aromatic heterocycles. The van der Waals surface area contributed by atoms with Gasteiger partial charge in [-0.2, -0.15) is 0 Å². The molecule has 0 saturated carbocycles. The van der Waals surface area contributed by atoms with E-state index in [1.165, 1.54) is 12.1 Å². The average Bonchev–Trinajstić information content (AvgIpc) is 3.25. The Labute approximate surface area is 209 Å². The van der Waals surface area contributed by atoms with Crippen molar-refractivity contribution in [2.45, 2.75) is 6.42 Å². The minimum Gasteiger partial charge on any atom is -0.507 e. The largest absolute Gasteiger partial charge is 0.507 e. The molecule has 0 aliphatic rings. The molecule has 6 rings (SSSR count). The summed E-state index contributed by atoms with van der Waals surface area (Å²) in [5.41, 5.74) is 1.54. The Morgan fingerprint density at radius 1 is 0.865 bits per heavy atom. The van der Waals surface area contributed by atoms with Crippen molar-refractivity contribution in [1.82, 2.24) is 0 Å². The van der Waals surface area contributed by atoms with E-state index < -0.39 is 11.4 Å². The summed E-state index contributed by atoms with van der Waals surface area (Å²) < 4.78 is 17.6. The Morgan fingerprint density at radius 3 is 2.38 bits per heavy atom. The van der Waals surface area contributed by atoms with E-state index in [0.29, 0.717) is 33.6 Å². The van der Waals surface area contributed by atoms with E-state index in [2.05, 4.69) is 0 Å². The number of phenols is 1. The van der Waals surface area contributed by atoms with Gasteiger partial charge >= 0.3 is 5.97 Å². The summed E-state index contributed by atoms with van der Waals surface area (Å²) in [7, 11) is 1.60. The number of carboxylic acids is 1. The molecule has 0 atom stereocenters. The van der Waals surface area contributed by atoms with E-state index in [0.717, 1.165) is 16.5 Å². The molecule has 0 unspecified atom stereocenters. The van der Waals surface area contributed by atoms with Gasteiger partial charge in [-0.3, -0.25) is 9.59 Å². The van der Waals surface area contributed by atoms with Crippen LogP contribution < -0.4 is 10.2 Å². The molecule has 0 saturated heterocycles. The molecule has 0 fully saturated rings. The Morgan fingerprint density at radius 2 is 1.62 bits per heavy atom. The number of furan rings is 1. The summed E-state index contributed by atoms with van der Waals surface area (Å²) in [6.45, 7) is 0. The number of fused-ring (bicyclic) bond motifs is 4. The Hall–Kier alpha value is -5.04. The molecule has 0 aliphatic carbocycles. The minimum atomic E-state index is -1.07.